The Morgan fingerprint density at radius 2 is 2.09 bits per heavy atom. The average Bonchev–Trinajstić information content (AvgIpc) is 2.78. The second kappa shape index (κ2) is 6.70. The molecule has 22 heavy (non-hydrogen) atoms. The number of hydrogen-bond donors (Lipinski definition) is 3. The smallest absolute Gasteiger partial charge is 0.312 e. The van der Waals surface area contributed by atoms with Crippen molar-refractivity contribution in [1.29, 1.82) is 0 Å². The molecule has 0 aromatic carbocycles. The molecule has 0 aliphatic heterocycles. The van der Waals surface area contributed by atoms with Crippen LogP contribution in [0.25, 0.3) is 5.82 Å². The van der Waals surface area contributed by atoms with Crippen LogP contribution in [-0.4, -0.2) is 33.2 Å². The summed E-state index contributed by atoms with van der Waals surface area (Å²) in [6.07, 6.45) is 1.70. The lowest BCUT2D eigenvalue weighted by atomic mass is 10.3. The van der Waals surface area contributed by atoms with Crippen molar-refractivity contribution < 1.29 is 9.59 Å². The molecule has 2 aromatic heterocycles. The molecule has 0 fully saturated rings. The van der Waals surface area contributed by atoms with Crippen LogP contribution in [0, 0.1) is 13.8 Å². The largest absolute Gasteiger partial charge is 0.352 e. The van der Waals surface area contributed by atoms with Crippen LogP contribution in [0.2, 0.25) is 0 Å². The lowest BCUT2D eigenvalue weighted by molar-refractivity contribution is -0.116. The van der Waals surface area contributed by atoms with Crippen molar-refractivity contribution in [3.63, 3.8) is 0 Å². The summed E-state index contributed by atoms with van der Waals surface area (Å²) in [7, 11) is 0. The van der Waals surface area contributed by atoms with Gasteiger partial charge in [0.1, 0.15) is 0 Å². The maximum absolute atomic E-state index is 11.7. The SMILES string of the molecule is Cc1cc(C)n(-c2ccc(NC(=O)CCNC(N)=O)cn2)n1. The minimum Gasteiger partial charge on any atom is -0.352 e. The topological polar surface area (TPSA) is 115 Å². The Labute approximate surface area is 127 Å². The van der Waals surface area contributed by atoms with Gasteiger partial charge in [0.15, 0.2) is 5.82 Å². The van der Waals surface area contributed by atoms with E-state index in [1.807, 2.05) is 19.9 Å². The molecular formula is C14H18N6O2. The third-order valence-electron chi connectivity index (χ3n) is 2.91. The molecule has 3 amide bonds. The molecule has 4 N–H and O–H groups in total. The summed E-state index contributed by atoms with van der Waals surface area (Å²) in [6.45, 7) is 4.06. The molecule has 0 spiro atoms. The highest BCUT2D eigenvalue weighted by Gasteiger charge is 2.06. The number of urea groups is 1. The Kier molecular flexibility index (Phi) is 4.72. The zero-order valence-electron chi connectivity index (χ0n) is 12.5. The Morgan fingerprint density at radius 1 is 1.32 bits per heavy atom. The number of aromatic nitrogens is 3. The predicted molar refractivity (Wildman–Crippen MR) is 81.7 cm³/mol. The van der Waals surface area contributed by atoms with E-state index in [0.29, 0.717) is 11.5 Å². The van der Waals surface area contributed by atoms with Gasteiger partial charge in [-0.25, -0.2) is 14.5 Å². The summed E-state index contributed by atoms with van der Waals surface area (Å²) >= 11 is 0. The number of nitrogens with one attached hydrogen (secondary N) is 2. The molecule has 116 valence electrons. The molecule has 2 aromatic rings. The first kappa shape index (κ1) is 15.5. The molecule has 0 aliphatic rings. The molecule has 0 radical (unpaired) electrons. The van der Waals surface area contributed by atoms with Crippen molar-refractivity contribution >= 4 is 17.6 Å². The zero-order valence-corrected chi connectivity index (χ0v) is 12.5. The first-order chi connectivity index (χ1) is 10.5. The Morgan fingerprint density at radius 3 is 2.64 bits per heavy atom. The van der Waals surface area contributed by atoms with Crippen molar-refractivity contribution in [2.75, 3.05) is 11.9 Å². The van der Waals surface area contributed by atoms with Gasteiger partial charge in [-0.15, -0.1) is 0 Å². The molecule has 0 saturated carbocycles. The summed E-state index contributed by atoms with van der Waals surface area (Å²) in [4.78, 5) is 26.4. The van der Waals surface area contributed by atoms with Crippen LogP contribution in [0.1, 0.15) is 17.8 Å². The molecule has 0 saturated heterocycles. The van der Waals surface area contributed by atoms with Crippen LogP contribution >= 0.6 is 0 Å². The molecule has 8 heteroatoms. The number of anilines is 1. The molecular weight excluding hydrogens is 284 g/mol. The van der Waals surface area contributed by atoms with E-state index >= 15 is 0 Å². The van der Waals surface area contributed by atoms with Crippen molar-refractivity contribution in [1.82, 2.24) is 20.1 Å². The van der Waals surface area contributed by atoms with E-state index in [2.05, 4.69) is 20.7 Å². The lowest BCUT2D eigenvalue weighted by Gasteiger charge is -2.07. The lowest BCUT2D eigenvalue weighted by Crippen LogP contribution is -2.32. The van der Waals surface area contributed by atoms with Gasteiger partial charge in [-0.05, 0) is 32.0 Å². The third kappa shape index (κ3) is 4.05. The van der Waals surface area contributed by atoms with Crippen molar-refractivity contribution in [3.05, 3.63) is 35.8 Å². The highest BCUT2D eigenvalue weighted by Crippen LogP contribution is 2.12. The monoisotopic (exact) mass is 302 g/mol. The number of amides is 3. The summed E-state index contributed by atoms with van der Waals surface area (Å²) in [5, 5.41) is 9.39. The van der Waals surface area contributed by atoms with Crippen LogP contribution in [0.4, 0.5) is 10.5 Å². The quantitative estimate of drug-likeness (QED) is 0.760. The number of hydrogen-bond acceptors (Lipinski definition) is 4. The van der Waals surface area contributed by atoms with Crippen molar-refractivity contribution in [2.45, 2.75) is 20.3 Å². The van der Waals surface area contributed by atoms with E-state index in [0.717, 1.165) is 11.4 Å². The fourth-order valence-electron chi connectivity index (χ4n) is 1.97. The number of rotatable bonds is 5. The molecule has 0 aliphatic carbocycles. The van der Waals surface area contributed by atoms with E-state index in [4.69, 9.17) is 5.73 Å². The molecule has 2 rings (SSSR count). The number of aryl methyl sites for hydroxylation is 2. The third-order valence-corrected chi connectivity index (χ3v) is 2.91. The van der Waals surface area contributed by atoms with Gasteiger partial charge in [0.2, 0.25) is 5.91 Å². The van der Waals surface area contributed by atoms with Crippen LogP contribution in [0.5, 0.6) is 0 Å². The van der Waals surface area contributed by atoms with E-state index in [9.17, 15) is 9.59 Å². The Bertz CT molecular complexity index is 677. The van der Waals surface area contributed by atoms with Crippen molar-refractivity contribution in [2.24, 2.45) is 5.73 Å². The predicted octanol–water partition coefficient (Wildman–Crippen LogP) is 0.881. The van der Waals surface area contributed by atoms with Gasteiger partial charge in [0.05, 0.1) is 17.6 Å². The standard InChI is InChI=1S/C14H18N6O2/c1-9-7-10(2)20(19-9)12-4-3-11(8-17-12)18-13(21)5-6-16-14(15)22/h3-4,7-8H,5-6H2,1-2H3,(H,18,21)(H3,15,16,22). The van der Waals surface area contributed by atoms with Crippen LogP contribution in [0.15, 0.2) is 24.4 Å². The first-order valence-corrected chi connectivity index (χ1v) is 6.78. The molecule has 2 heterocycles. The van der Waals surface area contributed by atoms with Crippen molar-refractivity contribution in [3.8, 4) is 5.82 Å². The number of carbonyl (C=O) groups is 2. The highest BCUT2D eigenvalue weighted by molar-refractivity contribution is 5.90. The molecule has 0 bridgehead atoms. The summed E-state index contributed by atoms with van der Waals surface area (Å²) in [5.74, 6) is 0.452. The van der Waals surface area contributed by atoms with Gasteiger partial charge in [0, 0.05) is 18.7 Å². The van der Waals surface area contributed by atoms with E-state index in [-0.39, 0.29) is 18.9 Å². The van der Waals surface area contributed by atoms with Gasteiger partial charge < -0.3 is 16.4 Å². The second-order valence-electron chi connectivity index (χ2n) is 4.83. The van der Waals surface area contributed by atoms with Gasteiger partial charge in [0.25, 0.3) is 0 Å². The normalized spacial score (nSPS) is 10.3. The average molecular weight is 302 g/mol. The number of pyridine rings is 1. The van der Waals surface area contributed by atoms with Gasteiger partial charge in [-0.3, -0.25) is 4.79 Å². The number of nitrogens with two attached hydrogens (primary N) is 1. The summed E-state index contributed by atoms with van der Waals surface area (Å²) in [6, 6.07) is 4.83. The maximum Gasteiger partial charge on any atom is 0.312 e. The fraction of sp³-hybridized carbons (Fsp3) is 0.286. The fourth-order valence-corrected chi connectivity index (χ4v) is 1.97. The summed E-state index contributed by atoms with van der Waals surface area (Å²) < 4.78 is 1.73. The number of primary amides is 1. The first-order valence-electron chi connectivity index (χ1n) is 6.78. The molecule has 8 nitrogen and oxygen atoms in total. The zero-order chi connectivity index (χ0) is 16.1. The van der Waals surface area contributed by atoms with Gasteiger partial charge >= 0.3 is 6.03 Å². The van der Waals surface area contributed by atoms with E-state index in [1.54, 1.807) is 23.0 Å². The van der Waals surface area contributed by atoms with Crippen LogP contribution in [-0.2, 0) is 4.79 Å². The van der Waals surface area contributed by atoms with Gasteiger partial charge in [-0.2, -0.15) is 5.10 Å². The maximum atomic E-state index is 11.7. The minimum atomic E-state index is -0.649. The van der Waals surface area contributed by atoms with E-state index < -0.39 is 6.03 Å². The second-order valence-corrected chi connectivity index (χ2v) is 4.83. The van der Waals surface area contributed by atoms with Crippen LogP contribution < -0.4 is 16.4 Å². The Hall–Kier alpha value is -2.90. The number of carbonyl (C=O) groups excluding carboxylic acids is 2. The summed E-state index contributed by atoms with van der Waals surface area (Å²) in [5.41, 5.74) is 7.40. The van der Waals surface area contributed by atoms with Crippen LogP contribution in [0.3, 0.4) is 0 Å². The molecule has 0 unspecified atom stereocenters. The minimum absolute atomic E-state index is 0.141. The highest BCUT2D eigenvalue weighted by atomic mass is 16.2. The Balaban J connectivity index is 1.96. The molecule has 0 atom stereocenters. The number of nitrogens with zero attached hydrogens (tertiary/aromatic N) is 3. The van der Waals surface area contributed by atoms with Gasteiger partial charge in [-0.1, -0.05) is 0 Å². The van der Waals surface area contributed by atoms with E-state index in [1.165, 1.54) is 0 Å².